The van der Waals surface area contributed by atoms with Crippen LogP contribution in [0.5, 0.6) is 0 Å². The standard InChI is InChI=1S/C19H19F3N2O4/c1-12(17(26)24-16-9-5-3-7-14(16)19(20,21)22)28-18(27)13-6-2-4-8-15(13)23-10-11-25/h2-9,12,23,25H,10-11H2,1H3,(H,24,26)/t12-/m0/s1. The number of esters is 1. The highest BCUT2D eigenvalue weighted by atomic mass is 19.4. The number of nitrogens with one attached hydrogen (secondary N) is 2. The summed E-state index contributed by atoms with van der Waals surface area (Å²) in [6.45, 7) is 1.31. The summed E-state index contributed by atoms with van der Waals surface area (Å²) in [5.74, 6) is -1.72. The molecule has 0 aliphatic carbocycles. The Hall–Kier alpha value is -3.07. The first-order valence-electron chi connectivity index (χ1n) is 8.36. The van der Waals surface area contributed by atoms with Gasteiger partial charge in [0.2, 0.25) is 0 Å². The highest BCUT2D eigenvalue weighted by Gasteiger charge is 2.34. The fourth-order valence-corrected chi connectivity index (χ4v) is 2.36. The molecule has 0 unspecified atom stereocenters. The number of para-hydroxylation sites is 2. The number of benzene rings is 2. The quantitative estimate of drug-likeness (QED) is 0.625. The van der Waals surface area contributed by atoms with E-state index in [2.05, 4.69) is 10.6 Å². The SMILES string of the molecule is C[C@H](OC(=O)c1ccccc1NCCO)C(=O)Nc1ccccc1C(F)(F)F. The van der Waals surface area contributed by atoms with Gasteiger partial charge in [-0.05, 0) is 31.2 Å². The molecule has 2 aromatic rings. The molecule has 3 N–H and O–H groups in total. The van der Waals surface area contributed by atoms with Crippen molar-refractivity contribution in [3.8, 4) is 0 Å². The minimum absolute atomic E-state index is 0.131. The number of ether oxygens (including phenoxy) is 1. The number of carbonyl (C=O) groups excluding carboxylic acids is 2. The second kappa shape index (κ2) is 9.23. The molecule has 0 bridgehead atoms. The average molecular weight is 396 g/mol. The van der Waals surface area contributed by atoms with E-state index < -0.39 is 35.4 Å². The van der Waals surface area contributed by atoms with Crippen LogP contribution in [0.25, 0.3) is 0 Å². The number of aliphatic hydroxyl groups excluding tert-OH is 1. The Balaban J connectivity index is 2.09. The van der Waals surface area contributed by atoms with Crippen LogP contribution in [0, 0.1) is 0 Å². The predicted octanol–water partition coefficient (Wildman–Crippen LogP) is 3.29. The molecule has 0 fully saturated rings. The van der Waals surface area contributed by atoms with Gasteiger partial charge in [0.15, 0.2) is 6.10 Å². The van der Waals surface area contributed by atoms with Crippen LogP contribution in [0.3, 0.4) is 0 Å². The zero-order valence-electron chi connectivity index (χ0n) is 14.9. The molecule has 9 heteroatoms. The number of anilines is 2. The number of rotatable bonds is 7. The van der Waals surface area contributed by atoms with Crippen molar-refractivity contribution in [1.82, 2.24) is 0 Å². The lowest BCUT2D eigenvalue weighted by atomic mass is 10.1. The molecule has 0 saturated carbocycles. The molecule has 0 saturated heterocycles. The van der Waals surface area contributed by atoms with E-state index in [1.807, 2.05) is 0 Å². The van der Waals surface area contributed by atoms with E-state index in [1.165, 1.54) is 25.1 Å². The third kappa shape index (κ3) is 5.46. The molecule has 28 heavy (non-hydrogen) atoms. The molecule has 2 rings (SSSR count). The minimum Gasteiger partial charge on any atom is -0.449 e. The summed E-state index contributed by atoms with van der Waals surface area (Å²) in [4.78, 5) is 24.5. The number of amides is 1. The van der Waals surface area contributed by atoms with Crippen LogP contribution in [-0.4, -0.2) is 36.2 Å². The summed E-state index contributed by atoms with van der Waals surface area (Å²) >= 11 is 0. The van der Waals surface area contributed by atoms with Gasteiger partial charge in [-0.3, -0.25) is 4.79 Å². The number of carbonyl (C=O) groups is 2. The van der Waals surface area contributed by atoms with Crippen molar-refractivity contribution >= 4 is 23.3 Å². The van der Waals surface area contributed by atoms with Crippen LogP contribution in [0.2, 0.25) is 0 Å². The maximum Gasteiger partial charge on any atom is 0.418 e. The summed E-state index contributed by atoms with van der Waals surface area (Å²) in [6.07, 6.45) is -5.97. The minimum atomic E-state index is -4.64. The van der Waals surface area contributed by atoms with E-state index >= 15 is 0 Å². The molecule has 150 valence electrons. The maximum absolute atomic E-state index is 13.0. The van der Waals surface area contributed by atoms with Gasteiger partial charge in [-0.15, -0.1) is 0 Å². The van der Waals surface area contributed by atoms with E-state index in [0.29, 0.717) is 5.69 Å². The summed E-state index contributed by atoms with van der Waals surface area (Å²) < 4.78 is 44.1. The lowest BCUT2D eigenvalue weighted by Gasteiger charge is -2.17. The third-order valence-electron chi connectivity index (χ3n) is 3.72. The Morgan fingerprint density at radius 2 is 1.68 bits per heavy atom. The van der Waals surface area contributed by atoms with Crippen LogP contribution < -0.4 is 10.6 Å². The highest BCUT2D eigenvalue weighted by Crippen LogP contribution is 2.34. The van der Waals surface area contributed by atoms with Gasteiger partial charge < -0.3 is 20.5 Å². The summed E-state index contributed by atoms with van der Waals surface area (Å²) in [6, 6.07) is 10.8. The summed E-state index contributed by atoms with van der Waals surface area (Å²) in [7, 11) is 0. The van der Waals surface area contributed by atoms with Gasteiger partial charge in [-0.2, -0.15) is 13.2 Å². The topological polar surface area (TPSA) is 87.7 Å². The van der Waals surface area contributed by atoms with Crippen molar-refractivity contribution in [2.75, 3.05) is 23.8 Å². The molecule has 1 atom stereocenters. The van der Waals surface area contributed by atoms with E-state index in [9.17, 15) is 22.8 Å². The highest BCUT2D eigenvalue weighted by molar-refractivity contribution is 6.00. The molecule has 0 aliphatic heterocycles. The number of hydrogen-bond donors (Lipinski definition) is 3. The van der Waals surface area contributed by atoms with Crippen molar-refractivity contribution in [2.45, 2.75) is 19.2 Å². The largest absolute Gasteiger partial charge is 0.449 e. The van der Waals surface area contributed by atoms with E-state index in [-0.39, 0.29) is 18.7 Å². The van der Waals surface area contributed by atoms with Crippen LogP contribution in [0.15, 0.2) is 48.5 Å². The molecule has 0 aromatic heterocycles. The summed E-state index contributed by atoms with van der Waals surface area (Å²) in [5.41, 5.74) is -0.892. The van der Waals surface area contributed by atoms with Gasteiger partial charge >= 0.3 is 12.1 Å². The monoisotopic (exact) mass is 396 g/mol. The predicted molar refractivity (Wildman–Crippen MR) is 97.0 cm³/mol. The van der Waals surface area contributed by atoms with E-state index in [1.54, 1.807) is 18.2 Å². The molecule has 6 nitrogen and oxygen atoms in total. The molecular formula is C19H19F3N2O4. The Labute approximate surface area is 159 Å². The fraction of sp³-hybridized carbons (Fsp3) is 0.263. The average Bonchev–Trinajstić information content (AvgIpc) is 2.66. The zero-order valence-corrected chi connectivity index (χ0v) is 14.9. The summed E-state index contributed by atoms with van der Waals surface area (Å²) in [5, 5.41) is 13.9. The first kappa shape index (κ1) is 21.2. The normalized spacial score (nSPS) is 12.2. The van der Waals surface area contributed by atoms with Crippen molar-refractivity contribution in [3.05, 3.63) is 59.7 Å². The third-order valence-corrected chi connectivity index (χ3v) is 3.72. The molecule has 2 aromatic carbocycles. The number of alkyl halides is 3. The maximum atomic E-state index is 13.0. The van der Waals surface area contributed by atoms with Gasteiger partial charge in [0.25, 0.3) is 5.91 Å². The van der Waals surface area contributed by atoms with Crippen LogP contribution >= 0.6 is 0 Å². The lowest BCUT2D eigenvalue weighted by molar-refractivity contribution is -0.137. The Bertz CT molecular complexity index is 840. The zero-order chi connectivity index (χ0) is 20.7. The number of aliphatic hydroxyl groups is 1. The number of halogens is 3. The van der Waals surface area contributed by atoms with E-state index in [0.717, 1.165) is 12.1 Å². The molecule has 0 heterocycles. The van der Waals surface area contributed by atoms with Crippen LogP contribution in [0.4, 0.5) is 24.5 Å². The van der Waals surface area contributed by atoms with Crippen LogP contribution in [-0.2, 0) is 15.7 Å². The second-order valence-electron chi connectivity index (χ2n) is 5.78. The van der Waals surface area contributed by atoms with Crippen LogP contribution in [0.1, 0.15) is 22.8 Å². The second-order valence-corrected chi connectivity index (χ2v) is 5.78. The van der Waals surface area contributed by atoms with Gasteiger partial charge in [-0.25, -0.2) is 4.79 Å². The van der Waals surface area contributed by atoms with E-state index in [4.69, 9.17) is 9.84 Å². The van der Waals surface area contributed by atoms with Crippen molar-refractivity contribution in [2.24, 2.45) is 0 Å². The van der Waals surface area contributed by atoms with Gasteiger partial charge in [0, 0.05) is 12.2 Å². The van der Waals surface area contributed by atoms with Crippen molar-refractivity contribution in [3.63, 3.8) is 0 Å². The fourth-order valence-electron chi connectivity index (χ4n) is 2.36. The van der Waals surface area contributed by atoms with Gasteiger partial charge in [-0.1, -0.05) is 24.3 Å². The smallest absolute Gasteiger partial charge is 0.418 e. The Kier molecular flexibility index (Phi) is 7.00. The first-order valence-corrected chi connectivity index (χ1v) is 8.36. The molecular weight excluding hydrogens is 377 g/mol. The Morgan fingerprint density at radius 1 is 1.07 bits per heavy atom. The lowest BCUT2D eigenvalue weighted by Crippen LogP contribution is -2.31. The van der Waals surface area contributed by atoms with Gasteiger partial charge in [0.1, 0.15) is 0 Å². The van der Waals surface area contributed by atoms with Crippen molar-refractivity contribution in [1.29, 1.82) is 0 Å². The van der Waals surface area contributed by atoms with Gasteiger partial charge in [0.05, 0.1) is 23.4 Å². The molecule has 0 spiro atoms. The number of hydrogen-bond acceptors (Lipinski definition) is 5. The molecule has 1 amide bonds. The van der Waals surface area contributed by atoms with Crippen molar-refractivity contribution < 1.29 is 32.6 Å². The molecule has 0 radical (unpaired) electrons. The first-order chi connectivity index (χ1) is 13.2. The molecule has 0 aliphatic rings. The Morgan fingerprint density at radius 3 is 2.32 bits per heavy atom.